The molecule has 0 aliphatic carbocycles. The van der Waals surface area contributed by atoms with Gasteiger partial charge in [-0.1, -0.05) is 13.0 Å². The number of hydrogen-bond donors (Lipinski definition) is 0. The number of benzene rings is 1. The van der Waals surface area contributed by atoms with Gasteiger partial charge in [0.15, 0.2) is 0 Å². The second-order valence-corrected chi connectivity index (χ2v) is 4.36. The highest BCUT2D eigenvalue weighted by atomic mass is 32.2. The summed E-state index contributed by atoms with van der Waals surface area (Å²) in [6.07, 6.45) is 0.0408. The molecule has 0 spiro atoms. The van der Waals surface area contributed by atoms with Gasteiger partial charge in [-0.15, -0.1) is 0 Å². The zero-order valence-corrected chi connectivity index (χ0v) is 9.24. The molecule has 0 saturated carbocycles. The second-order valence-electron chi connectivity index (χ2n) is 3.09. The number of ketones is 1. The molecule has 1 aromatic rings. The molecule has 0 N–H and O–H groups in total. The summed E-state index contributed by atoms with van der Waals surface area (Å²) in [6.45, 7) is 1.95. The minimum atomic E-state index is -0.648. The maximum atomic E-state index is 13.1. The van der Waals surface area contributed by atoms with Crippen LogP contribution in [0.3, 0.4) is 0 Å². The van der Waals surface area contributed by atoms with Gasteiger partial charge >= 0.3 is 0 Å². The highest BCUT2D eigenvalue weighted by Crippen LogP contribution is 2.11. The number of rotatable bonds is 5. The number of thioether (sulfide) groups is 1. The van der Waals surface area contributed by atoms with Gasteiger partial charge in [0.05, 0.1) is 5.75 Å². The molecule has 4 heteroatoms. The number of carbonyl (C=O) groups excluding carboxylic acids is 1. The first kappa shape index (κ1) is 12.2. The van der Waals surface area contributed by atoms with Gasteiger partial charge in [0, 0.05) is 12.5 Å². The van der Waals surface area contributed by atoms with E-state index in [2.05, 4.69) is 0 Å². The fraction of sp³-hybridized carbons (Fsp3) is 0.364. The van der Waals surface area contributed by atoms with Crippen molar-refractivity contribution in [2.45, 2.75) is 13.3 Å². The summed E-state index contributed by atoms with van der Waals surface area (Å²) in [7, 11) is 0. The van der Waals surface area contributed by atoms with E-state index in [9.17, 15) is 13.6 Å². The molecular formula is C11H12F2OS. The quantitative estimate of drug-likeness (QED) is 0.773. The molecule has 0 atom stereocenters. The van der Waals surface area contributed by atoms with Crippen molar-refractivity contribution >= 4 is 17.5 Å². The van der Waals surface area contributed by atoms with Crippen molar-refractivity contribution in [2.75, 3.05) is 11.5 Å². The van der Waals surface area contributed by atoms with E-state index in [1.165, 1.54) is 23.9 Å². The Hall–Kier alpha value is -0.900. The average molecular weight is 230 g/mol. The van der Waals surface area contributed by atoms with Gasteiger partial charge in [0.1, 0.15) is 17.4 Å². The van der Waals surface area contributed by atoms with Gasteiger partial charge in [-0.3, -0.25) is 4.79 Å². The third kappa shape index (κ3) is 4.00. The van der Waals surface area contributed by atoms with Gasteiger partial charge in [-0.2, -0.15) is 11.8 Å². The van der Waals surface area contributed by atoms with Crippen molar-refractivity contribution in [2.24, 2.45) is 0 Å². The summed E-state index contributed by atoms with van der Waals surface area (Å²) < 4.78 is 25.7. The minimum absolute atomic E-state index is 0.0349. The molecule has 1 nitrogen and oxygen atoms in total. The molecule has 0 aromatic heterocycles. The Morgan fingerprint density at radius 3 is 2.73 bits per heavy atom. The Bertz CT molecular complexity index is 352. The zero-order valence-electron chi connectivity index (χ0n) is 8.43. The van der Waals surface area contributed by atoms with Crippen LogP contribution in [0.4, 0.5) is 8.78 Å². The Morgan fingerprint density at radius 1 is 1.40 bits per heavy atom. The van der Waals surface area contributed by atoms with Crippen molar-refractivity contribution in [3.8, 4) is 0 Å². The first-order valence-corrected chi connectivity index (χ1v) is 5.82. The lowest BCUT2D eigenvalue weighted by molar-refractivity contribution is -0.116. The SMILES string of the molecule is CCSCC(=O)Cc1ccc(F)cc1F. The van der Waals surface area contributed by atoms with Crippen molar-refractivity contribution in [3.63, 3.8) is 0 Å². The van der Waals surface area contributed by atoms with Crippen molar-refractivity contribution in [3.05, 3.63) is 35.4 Å². The topological polar surface area (TPSA) is 17.1 Å². The van der Waals surface area contributed by atoms with Crippen LogP contribution in [0.1, 0.15) is 12.5 Å². The van der Waals surface area contributed by atoms with Crippen molar-refractivity contribution < 1.29 is 13.6 Å². The molecule has 0 bridgehead atoms. The fourth-order valence-corrected chi connectivity index (χ4v) is 1.68. The molecule has 1 aromatic carbocycles. The van der Waals surface area contributed by atoms with Gasteiger partial charge in [-0.05, 0) is 17.4 Å². The van der Waals surface area contributed by atoms with E-state index >= 15 is 0 Å². The number of halogens is 2. The van der Waals surface area contributed by atoms with Crippen LogP contribution < -0.4 is 0 Å². The monoisotopic (exact) mass is 230 g/mol. The summed E-state index contributed by atoms with van der Waals surface area (Å²) in [6, 6.07) is 3.29. The van der Waals surface area contributed by atoms with E-state index in [0.717, 1.165) is 11.8 Å². The Morgan fingerprint density at radius 2 is 2.13 bits per heavy atom. The average Bonchev–Trinajstić information content (AvgIpc) is 2.19. The normalized spacial score (nSPS) is 10.3. The number of Topliss-reactive ketones (excluding diaryl/α,β-unsaturated/α-hetero) is 1. The largest absolute Gasteiger partial charge is 0.298 e. The third-order valence-corrected chi connectivity index (χ3v) is 2.80. The molecule has 0 heterocycles. The van der Waals surface area contributed by atoms with Crippen LogP contribution in [-0.2, 0) is 11.2 Å². The molecule has 0 saturated heterocycles. The van der Waals surface area contributed by atoms with Gasteiger partial charge in [0.25, 0.3) is 0 Å². The van der Waals surface area contributed by atoms with E-state index < -0.39 is 11.6 Å². The Kier molecular flexibility index (Phi) is 4.75. The van der Waals surface area contributed by atoms with E-state index in [-0.39, 0.29) is 17.8 Å². The highest BCUT2D eigenvalue weighted by molar-refractivity contribution is 7.99. The first-order valence-electron chi connectivity index (χ1n) is 4.67. The maximum Gasteiger partial charge on any atom is 0.147 e. The molecule has 0 amide bonds. The minimum Gasteiger partial charge on any atom is -0.298 e. The molecule has 1 rings (SSSR count). The molecule has 0 aliphatic heterocycles. The van der Waals surface area contributed by atoms with Crippen LogP contribution in [0.25, 0.3) is 0 Å². The molecule has 15 heavy (non-hydrogen) atoms. The lowest BCUT2D eigenvalue weighted by atomic mass is 10.1. The standard InChI is InChI=1S/C11H12F2OS/c1-2-15-7-10(14)5-8-3-4-9(12)6-11(8)13/h3-4,6H,2,5,7H2,1H3. The van der Waals surface area contributed by atoms with Crippen LogP contribution >= 0.6 is 11.8 Å². The summed E-state index contributed by atoms with van der Waals surface area (Å²) in [5, 5.41) is 0. The van der Waals surface area contributed by atoms with Crippen LogP contribution in [0.2, 0.25) is 0 Å². The summed E-state index contributed by atoms with van der Waals surface area (Å²) in [5.74, 6) is -0.0610. The van der Waals surface area contributed by atoms with E-state index in [0.29, 0.717) is 5.75 Å². The summed E-state index contributed by atoms with van der Waals surface area (Å²) in [4.78, 5) is 11.3. The maximum absolute atomic E-state index is 13.1. The van der Waals surface area contributed by atoms with Crippen molar-refractivity contribution in [1.82, 2.24) is 0 Å². The number of hydrogen-bond acceptors (Lipinski definition) is 2. The van der Waals surface area contributed by atoms with E-state index in [1.54, 1.807) is 0 Å². The van der Waals surface area contributed by atoms with Gasteiger partial charge in [-0.25, -0.2) is 8.78 Å². The van der Waals surface area contributed by atoms with Crippen LogP contribution in [-0.4, -0.2) is 17.3 Å². The predicted molar refractivity (Wildman–Crippen MR) is 58.1 cm³/mol. The van der Waals surface area contributed by atoms with E-state index in [4.69, 9.17) is 0 Å². The van der Waals surface area contributed by atoms with Crippen LogP contribution in [0.15, 0.2) is 18.2 Å². The summed E-state index contributed by atoms with van der Waals surface area (Å²) >= 11 is 1.50. The predicted octanol–water partition coefficient (Wildman–Crippen LogP) is 2.83. The molecule has 0 unspecified atom stereocenters. The van der Waals surface area contributed by atoms with Crippen molar-refractivity contribution in [1.29, 1.82) is 0 Å². The van der Waals surface area contributed by atoms with Gasteiger partial charge < -0.3 is 0 Å². The Labute approximate surface area is 91.9 Å². The first-order chi connectivity index (χ1) is 7.13. The lowest BCUT2D eigenvalue weighted by Gasteiger charge is -2.02. The number of carbonyl (C=O) groups is 1. The molecule has 82 valence electrons. The van der Waals surface area contributed by atoms with E-state index in [1.807, 2.05) is 6.92 Å². The second kappa shape index (κ2) is 5.85. The molecular weight excluding hydrogens is 218 g/mol. The zero-order chi connectivity index (χ0) is 11.3. The molecule has 0 aliphatic rings. The molecule has 0 fully saturated rings. The smallest absolute Gasteiger partial charge is 0.147 e. The fourth-order valence-electron chi connectivity index (χ4n) is 1.14. The lowest BCUT2D eigenvalue weighted by Crippen LogP contribution is -2.07. The van der Waals surface area contributed by atoms with Gasteiger partial charge in [0.2, 0.25) is 0 Å². The third-order valence-electron chi connectivity index (χ3n) is 1.87. The Balaban J connectivity index is 2.60. The molecule has 0 radical (unpaired) electrons. The highest BCUT2D eigenvalue weighted by Gasteiger charge is 2.08. The van der Waals surface area contributed by atoms with Crippen LogP contribution in [0, 0.1) is 11.6 Å². The van der Waals surface area contributed by atoms with Crippen LogP contribution in [0.5, 0.6) is 0 Å². The summed E-state index contributed by atoms with van der Waals surface area (Å²) in [5.41, 5.74) is 0.262.